The molecule has 3 aromatic carbocycles. The van der Waals surface area contributed by atoms with Crippen molar-refractivity contribution in [3.05, 3.63) is 84.4 Å². The summed E-state index contributed by atoms with van der Waals surface area (Å²) < 4.78 is 31.2. The smallest absolute Gasteiger partial charge is 0.209 e. The summed E-state index contributed by atoms with van der Waals surface area (Å²) in [7, 11) is -2.49. The lowest BCUT2D eigenvalue weighted by atomic mass is 10.0. The second-order valence-corrected chi connectivity index (χ2v) is 8.44. The van der Waals surface area contributed by atoms with Crippen molar-refractivity contribution < 1.29 is 18.3 Å². The SMILES string of the molecule is COc1ccc(-c2cc3ccccc3[nH]2)c(C(O)S(=O)(=O)c2ccccc2)c1. The Morgan fingerprint density at radius 2 is 1.64 bits per heavy atom. The first-order valence-corrected chi connectivity index (χ1v) is 10.3. The Bertz CT molecular complexity index is 1200. The number of hydrogen-bond donors (Lipinski definition) is 2. The van der Waals surface area contributed by atoms with E-state index in [1.807, 2.05) is 30.3 Å². The maximum atomic E-state index is 13.0. The van der Waals surface area contributed by atoms with Gasteiger partial charge in [-0.3, -0.25) is 0 Å². The Morgan fingerprint density at radius 3 is 2.36 bits per heavy atom. The number of para-hydroxylation sites is 1. The van der Waals surface area contributed by atoms with Crippen LogP contribution in [0.4, 0.5) is 0 Å². The van der Waals surface area contributed by atoms with Crippen molar-refractivity contribution in [2.75, 3.05) is 7.11 Å². The molecule has 4 rings (SSSR count). The molecule has 0 fully saturated rings. The van der Waals surface area contributed by atoms with E-state index in [-0.39, 0.29) is 10.5 Å². The molecule has 1 aromatic heterocycles. The number of aliphatic hydroxyl groups is 1. The Morgan fingerprint density at radius 1 is 0.929 bits per heavy atom. The lowest BCUT2D eigenvalue weighted by Crippen LogP contribution is -2.14. The van der Waals surface area contributed by atoms with Crippen LogP contribution in [-0.4, -0.2) is 25.6 Å². The molecule has 0 bridgehead atoms. The van der Waals surface area contributed by atoms with Gasteiger partial charge < -0.3 is 14.8 Å². The monoisotopic (exact) mass is 393 g/mol. The van der Waals surface area contributed by atoms with E-state index >= 15 is 0 Å². The number of methoxy groups -OCH3 is 1. The van der Waals surface area contributed by atoms with E-state index in [9.17, 15) is 13.5 Å². The van der Waals surface area contributed by atoms with Crippen LogP contribution in [0.15, 0.2) is 83.8 Å². The largest absolute Gasteiger partial charge is 0.497 e. The minimum atomic E-state index is -3.99. The Balaban J connectivity index is 1.88. The molecule has 142 valence electrons. The molecule has 5 nitrogen and oxygen atoms in total. The van der Waals surface area contributed by atoms with Crippen molar-refractivity contribution in [3.8, 4) is 17.0 Å². The zero-order chi connectivity index (χ0) is 19.7. The van der Waals surface area contributed by atoms with Gasteiger partial charge in [0.05, 0.1) is 12.0 Å². The molecule has 0 saturated heterocycles. The quantitative estimate of drug-likeness (QED) is 0.530. The van der Waals surface area contributed by atoms with Crippen LogP contribution in [0.25, 0.3) is 22.2 Å². The molecule has 6 heteroatoms. The van der Waals surface area contributed by atoms with Gasteiger partial charge in [-0.2, -0.15) is 0 Å². The van der Waals surface area contributed by atoms with Gasteiger partial charge in [0.25, 0.3) is 0 Å². The van der Waals surface area contributed by atoms with Crippen LogP contribution in [0, 0.1) is 0 Å². The predicted molar refractivity (Wildman–Crippen MR) is 109 cm³/mol. The molecule has 0 aliphatic heterocycles. The Labute approximate surface area is 163 Å². The minimum absolute atomic E-state index is 0.0629. The van der Waals surface area contributed by atoms with E-state index < -0.39 is 15.3 Å². The molecule has 0 radical (unpaired) electrons. The van der Waals surface area contributed by atoms with E-state index in [0.717, 1.165) is 16.6 Å². The van der Waals surface area contributed by atoms with Crippen LogP contribution < -0.4 is 4.74 Å². The van der Waals surface area contributed by atoms with Crippen molar-refractivity contribution in [3.63, 3.8) is 0 Å². The molecule has 1 atom stereocenters. The number of rotatable bonds is 5. The number of aromatic amines is 1. The number of aromatic nitrogens is 1. The second kappa shape index (κ2) is 7.14. The maximum absolute atomic E-state index is 13.0. The van der Waals surface area contributed by atoms with Gasteiger partial charge in [-0.1, -0.05) is 36.4 Å². The number of sulfone groups is 1. The van der Waals surface area contributed by atoms with E-state index in [0.29, 0.717) is 11.3 Å². The van der Waals surface area contributed by atoms with Gasteiger partial charge in [0.1, 0.15) is 5.75 Å². The highest BCUT2D eigenvalue weighted by Crippen LogP contribution is 2.37. The van der Waals surface area contributed by atoms with Crippen LogP contribution in [0.2, 0.25) is 0 Å². The third-order valence-corrected chi connectivity index (χ3v) is 6.48. The van der Waals surface area contributed by atoms with E-state index in [1.165, 1.54) is 19.2 Å². The fourth-order valence-electron chi connectivity index (χ4n) is 3.24. The molecular weight excluding hydrogens is 374 g/mol. The van der Waals surface area contributed by atoms with Crippen molar-refractivity contribution >= 4 is 20.7 Å². The molecule has 4 aromatic rings. The number of hydrogen-bond acceptors (Lipinski definition) is 4. The number of aliphatic hydroxyl groups excluding tert-OH is 1. The number of fused-ring (bicyclic) bond motifs is 1. The van der Waals surface area contributed by atoms with Crippen LogP contribution in [-0.2, 0) is 9.84 Å². The van der Waals surface area contributed by atoms with Gasteiger partial charge in [-0.05, 0) is 42.5 Å². The summed E-state index contributed by atoms with van der Waals surface area (Å²) in [6.45, 7) is 0. The van der Waals surface area contributed by atoms with Gasteiger partial charge in [-0.15, -0.1) is 0 Å². The summed E-state index contributed by atoms with van der Waals surface area (Å²) in [4.78, 5) is 3.35. The number of nitrogens with one attached hydrogen (secondary N) is 1. The van der Waals surface area contributed by atoms with Crippen molar-refractivity contribution in [1.82, 2.24) is 4.98 Å². The number of benzene rings is 3. The lowest BCUT2D eigenvalue weighted by molar-refractivity contribution is 0.254. The molecule has 1 heterocycles. The average molecular weight is 393 g/mol. The lowest BCUT2D eigenvalue weighted by Gasteiger charge is -2.17. The number of H-pyrrole nitrogens is 1. The summed E-state index contributed by atoms with van der Waals surface area (Å²) in [5, 5.41) is 11.9. The summed E-state index contributed by atoms with van der Waals surface area (Å²) in [6, 6.07) is 22.7. The standard InChI is InChI=1S/C22H19NO4S/c1-27-16-11-12-18(21-13-15-7-5-6-10-20(15)23-21)19(14-16)22(24)28(25,26)17-8-3-2-4-9-17/h2-14,22-24H,1H3. The molecule has 0 spiro atoms. The third kappa shape index (κ3) is 3.17. The average Bonchev–Trinajstić information content (AvgIpc) is 3.17. The fraction of sp³-hybridized carbons (Fsp3) is 0.0909. The maximum Gasteiger partial charge on any atom is 0.209 e. The zero-order valence-electron chi connectivity index (χ0n) is 15.2. The summed E-state index contributed by atoms with van der Waals surface area (Å²) in [6.07, 6.45) is 0. The summed E-state index contributed by atoms with van der Waals surface area (Å²) >= 11 is 0. The van der Waals surface area contributed by atoms with E-state index in [2.05, 4.69) is 4.98 Å². The van der Waals surface area contributed by atoms with Crippen LogP contribution in [0.3, 0.4) is 0 Å². The molecule has 2 N–H and O–H groups in total. The molecule has 0 amide bonds. The summed E-state index contributed by atoms with van der Waals surface area (Å²) in [5.41, 5.74) is 0.783. The topological polar surface area (TPSA) is 79.4 Å². The van der Waals surface area contributed by atoms with Gasteiger partial charge in [0.2, 0.25) is 9.84 Å². The highest BCUT2D eigenvalue weighted by molar-refractivity contribution is 7.91. The highest BCUT2D eigenvalue weighted by atomic mass is 32.2. The van der Waals surface area contributed by atoms with Crippen molar-refractivity contribution in [1.29, 1.82) is 0 Å². The van der Waals surface area contributed by atoms with Gasteiger partial charge in [0, 0.05) is 27.7 Å². The molecule has 28 heavy (non-hydrogen) atoms. The summed E-state index contributed by atoms with van der Waals surface area (Å²) in [5.74, 6) is 0.470. The predicted octanol–water partition coefficient (Wildman–Crippen LogP) is 4.31. The first kappa shape index (κ1) is 18.3. The van der Waals surface area contributed by atoms with E-state index in [4.69, 9.17) is 4.74 Å². The van der Waals surface area contributed by atoms with Crippen LogP contribution in [0.5, 0.6) is 5.75 Å². The van der Waals surface area contributed by atoms with Crippen molar-refractivity contribution in [2.45, 2.75) is 10.3 Å². The third-order valence-electron chi connectivity index (χ3n) is 4.71. The van der Waals surface area contributed by atoms with Gasteiger partial charge in [-0.25, -0.2) is 8.42 Å². The molecular formula is C22H19NO4S. The molecule has 0 saturated carbocycles. The fourth-order valence-corrected chi connectivity index (χ4v) is 4.57. The molecule has 0 aliphatic rings. The van der Waals surface area contributed by atoms with Crippen molar-refractivity contribution in [2.24, 2.45) is 0 Å². The first-order chi connectivity index (χ1) is 13.5. The molecule has 0 aliphatic carbocycles. The number of ether oxygens (including phenoxy) is 1. The Hall–Kier alpha value is -3.09. The zero-order valence-corrected chi connectivity index (χ0v) is 16.0. The first-order valence-electron chi connectivity index (χ1n) is 8.74. The highest BCUT2D eigenvalue weighted by Gasteiger charge is 2.29. The Kier molecular flexibility index (Phi) is 4.66. The van der Waals surface area contributed by atoms with Gasteiger partial charge >= 0.3 is 0 Å². The normalized spacial score (nSPS) is 12.8. The van der Waals surface area contributed by atoms with Crippen LogP contribution >= 0.6 is 0 Å². The second-order valence-electron chi connectivity index (χ2n) is 6.43. The minimum Gasteiger partial charge on any atom is -0.497 e. The van der Waals surface area contributed by atoms with Crippen LogP contribution in [0.1, 0.15) is 11.0 Å². The molecule has 1 unspecified atom stereocenters. The van der Waals surface area contributed by atoms with E-state index in [1.54, 1.807) is 36.4 Å². The van der Waals surface area contributed by atoms with Gasteiger partial charge in [0.15, 0.2) is 5.44 Å².